The van der Waals surface area contributed by atoms with Crippen LogP contribution in [0.4, 0.5) is 0 Å². The highest BCUT2D eigenvalue weighted by Gasteiger charge is 2.40. The third-order valence-electron chi connectivity index (χ3n) is 5.97. The van der Waals surface area contributed by atoms with Gasteiger partial charge in [-0.1, -0.05) is 44.0 Å². The topological polar surface area (TPSA) is 21.3 Å². The summed E-state index contributed by atoms with van der Waals surface area (Å²) >= 11 is 0. The minimum Gasteiger partial charge on any atom is -0.376 e. The fraction of sp³-hybridized carbons (Fsp3) is 0.684. The highest BCUT2D eigenvalue weighted by Crippen LogP contribution is 2.40. The summed E-state index contributed by atoms with van der Waals surface area (Å²) in [6, 6.07) is 10.1. The zero-order chi connectivity index (χ0) is 14.2. The lowest BCUT2D eigenvalue weighted by atomic mass is 9.79. The fourth-order valence-corrected chi connectivity index (χ4v) is 4.75. The molecular weight excluding hydrogens is 258 g/mol. The summed E-state index contributed by atoms with van der Waals surface area (Å²) in [7, 11) is 0. The van der Waals surface area contributed by atoms with Gasteiger partial charge in [0.2, 0.25) is 0 Å². The van der Waals surface area contributed by atoms with E-state index in [0.29, 0.717) is 24.1 Å². The number of hydrogen-bond donors (Lipinski definition) is 1. The van der Waals surface area contributed by atoms with E-state index < -0.39 is 0 Å². The quantitative estimate of drug-likeness (QED) is 0.880. The smallest absolute Gasteiger partial charge is 0.0627 e. The highest BCUT2D eigenvalue weighted by molar-refractivity contribution is 5.35. The van der Waals surface area contributed by atoms with E-state index in [2.05, 4.69) is 36.5 Å². The van der Waals surface area contributed by atoms with Crippen LogP contribution in [0.2, 0.25) is 0 Å². The normalized spacial score (nSPS) is 38.8. The molecule has 5 atom stereocenters. The molecule has 1 N–H and O–H groups in total. The molecule has 1 saturated heterocycles. The number of fused-ring (bicyclic) bond motifs is 2. The lowest BCUT2D eigenvalue weighted by molar-refractivity contribution is 0.0663. The Morgan fingerprint density at radius 3 is 2.71 bits per heavy atom. The first-order chi connectivity index (χ1) is 10.3. The Bertz CT molecular complexity index is 500. The molecular formula is C19H27NO. The molecule has 2 heteroatoms. The molecule has 114 valence electrons. The van der Waals surface area contributed by atoms with Gasteiger partial charge in [-0.15, -0.1) is 0 Å². The molecule has 1 aromatic rings. The van der Waals surface area contributed by atoms with Crippen molar-refractivity contribution in [2.75, 3.05) is 6.61 Å². The maximum atomic E-state index is 6.06. The SMILES string of the molecule is CC1CCC(NC2COC3CCCCC23)c2ccccc21. The van der Waals surface area contributed by atoms with Crippen LogP contribution >= 0.6 is 0 Å². The van der Waals surface area contributed by atoms with E-state index in [1.807, 2.05) is 0 Å². The Morgan fingerprint density at radius 1 is 1.00 bits per heavy atom. The Kier molecular flexibility index (Phi) is 3.76. The van der Waals surface area contributed by atoms with Crippen molar-refractivity contribution in [1.29, 1.82) is 0 Å². The van der Waals surface area contributed by atoms with Crippen LogP contribution in [-0.2, 0) is 4.74 Å². The van der Waals surface area contributed by atoms with Gasteiger partial charge in [0.15, 0.2) is 0 Å². The molecule has 2 nitrogen and oxygen atoms in total. The largest absolute Gasteiger partial charge is 0.376 e. The molecule has 0 amide bonds. The van der Waals surface area contributed by atoms with Gasteiger partial charge in [-0.05, 0) is 42.7 Å². The third-order valence-corrected chi connectivity index (χ3v) is 5.97. The maximum Gasteiger partial charge on any atom is 0.0627 e. The predicted molar refractivity (Wildman–Crippen MR) is 85.5 cm³/mol. The van der Waals surface area contributed by atoms with Crippen LogP contribution in [0, 0.1) is 5.92 Å². The van der Waals surface area contributed by atoms with Gasteiger partial charge in [-0.25, -0.2) is 0 Å². The van der Waals surface area contributed by atoms with E-state index >= 15 is 0 Å². The second-order valence-electron chi connectivity index (χ2n) is 7.25. The van der Waals surface area contributed by atoms with Crippen LogP contribution in [0.1, 0.15) is 68.5 Å². The van der Waals surface area contributed by atoms with Gasteiger partial charge < -0.3 is 10.1 Å². The van der Waals surface area contributed by atoms with Crippen LogP contribution in [0.5, 0.6) is 0 Å². The first-order valence-corrected chi connectivity index (χ1v) is 8.79. The molecule has 2 fully saturated rings. The predicted octanol–water partition coefficient (Wildman–Crippen LogP) is 4.17. The van der Waals surface area contributed by atoms with Crippen LogP contribution < -0.4 is 5.32 Å². The molecule has 2 aliphatic carbocycles. The Hall–Kier alpha value is -0.860. The Labute approximate surface area is 128 Å². The molecule has 0 aromatic heterocycles. The summed E-state index contributed by atoms with van der Waals surface area (Å²) in [5.41, 5.74) is 3.09. The molecule has 0 bridgehead atoms. The third kappa shape index (κ3) is 2.53. The van der Waals surface area contributed by atoms with Crippen molar-refractivity contribution in [3.05, 3.63) is 35.4 Å². The van der Waals surface area contributed by atoms with Gasteiger partial charge in [-0.2, -0.15) is 0 Å². The van der Waals surface area contributed by atoms with Gasteiger partial charge in [0.25, 0.3) is 0 Å². The Balaban J connectivity index is 1.51. The zero-order valence-electron chi connectivity index (χ0n) is 13.1. The lowest BCUT2D eigenvalue weighted by Crippen LogP contribution is -2.41. The van der Waals surface area contributed by atoms with E-state index in [9.17, 15) is 0 Å². The van der Waals surface area contributed by atoms with Crippen molar-refractivity contribution < 1.29 is 4.74 Å². The highest BCUT2D eigenvalue weighted by atomic mass is 16.5. The number of hydrogen-bond acceptors (Lipinski definition) is 2. The monoisotopic (exact) mass is 285 g/mol. The molecule has 1 aromatic carbocycles. The van der Waals surface area contributed by atoms with Crippen molar-refractivity contribution in [2.45, 2.75) is 69.6 Å². The van der Waals surface area contributed by atoms with E-state index in [4.69, 9.17) is 4.74 Å². The number of benzene rings is 1. The summed E-state index contributed by atoms with van der Waals surface area (Å²) in [6.07, 6.45) is 8.49. The summed E-state index contributed by atoms with van der Waals surface area (Å²) in [6.45, 7) is 3.29. The van der Waals surface area contributed by atoms with Crippen molar-refractivity contribution >= 4 is 0 Å². The number of ether oxygens (including phenoxy) is 1. The van der Waals surface area contributed by atoms with E-state index in [-0.39, 0.29) is 0 Å². The summed E-state index contributed by atoms with van der Waals surface area (Å²) in [5, 5.41) is 3.97. The minimum absolute atomic E-state index is 0.534. The standard InChI is InChI=1S/C19H27NO/c1-13-10-11-17(15-7-3-2-6-14(13)15)20-18-12-21-19-9-5-4-8-16(18)19/h2-3,6-7,13,16-20H,4-5,8-12H2,1H3. The van der Waals surface area contributed by atoms with E-state index in [1.165, 1.54) is 44.1 Å². The fourth-order valence-electron chi connectivity index (χ4n) is 4.75. The molecule has 5 unspecified atom stereocenters. The summed E-state index contributed by atoms with van der Waals surface area (Å²) < 4.78 is 6.06. The van der Waals surface area contributed by atoms with Gasteiger partial charge in [0.05, 0.1) is 12.7 Å². The molecule has 1 heterocycles. The average Bonchev–Trinajstić information content (AvgIpc) is 2.94. The first kappa shape index (κ1) is 13.8. The molecule has 1 saturated carbocycles. The van der Waals surface area contributed by atoms with E-state index in [1.54, 1.807) is 5.56 Å². The second-order valence-corrected chi connectivity index (χ2v) is 7.25. The van der Waals surface area contributed by atoms with Crippen molar-refractivity contribution in [2.24, 2.45) is 5.92 Å². The first-order valence-electron chi connectivity index (χ1n) is 8.79. The summed E-state index contributed by atoms with van der Waals surface area (Å²) in [4.78, 5) is 0. The van der Waals surface area contributed by atoms with Gasteiger partial charge >= 0.3 is 0 Å². The minimum atomic E-state index is 0.534. The molecule has 21 heavy (non-hydrogen) atoms. The maximum absolute atomic E-state index is 6.06. The summed E-state index contributed by atoms with van der Waals surface area (Å²) in [5.74, 6) is 1.46. The lowest BCUT2D eigenvalue weighted by Gasteiger charge is -2.35. The van der Waals surface area contributed by atoms with Gasteiger partial charge in [-0.3, -0.25) is 0 Å². The molecule has 0 radical (unpaired) electrons. The van der Waals surface area contributed by atoms with Crippen molar-refractivity contribution in [3.63, 3.8) is 0 Å². The van der Waals surface area contributed by atoms with Crippen LogP contribution in [0.25, 0.3) is 0 Å². The van der Waals surface area contributed by atoms with Crippen molar-refractivity contribution in [3.8, 4) is 0 Å². The van der Waals surface area contributed by atoms with Crippen LogP contribution in [0.15, 0.2) is 24.3 Å². The average molecular weight is 285 g/mol. The molecule has 4 rings (SSSR count). The van der Waals surface area contributed by atoms with Gasteiger partial charge in [0, 0.05) is 18.0 Å². The second kappa shape index (κ2) is 5.73. The molecule has 0 spiro atoms. The zero-order valence-corrected chi connectivity index (χ0v) is 13.1. The molecule has 3 aliphatic rings. The number of rotatable bonds is 2. The molecule has 1 aliphatic heterocycles. The van der Waals surface area contributed by atoms with E-state index in [0.717, 1.165) is 12.5 Å². The van der Waals surface area contributed by atoms with Gasteiger partial charge in [0.1, 0.15) is 0 Å². The Morgan fingerprint density at radius 2 is 1.81 bits per heavy atom. The number of nitrogens with one attached hydrogen (secondary N) is 1. The van der Waals surface area contributed by atoms with Crippen molar-refractivity contribution in [1.82, 2.24) is 5.32 Å². The van der Waals surface area contributed by atoms with Crippen LogP contribution in [-0.4, -0.2) is 18.8 Å². The van der Waals surface area contributed by atoms with Crippen LogP contribution in [0.3, 0.4) is 0 Å².